The Kier molecular flexibility index (Phi) is 3.18. The lowest BCUT2D eigenvalue weighted by atomic mass is 10.1. The van der Waals surface area contributed by atoms with Crippen molar-refractivity contribution < 1.29 is 9.47 Å². The van der Waals surface area contributed by atoms with Gasteiger partial charge in [-0.15, -0.1) is 11.3 Å². The Hall–Kier alpha value is -0.420. The van der Waals surface area contributed by atoms with Gasteiger partial charge in [0, 0.05) is 6.42 Å². The quantitative estimate of drug-likeness (QED) is 0.831. The molecule has 1 aliphatic rings. The van der Waals surface area contributed by atoms with E-state index in [1.54, 1.807) is 11.3 Å². The number of hydrogen-bond donors (Lipinski definition) is 1. The first kappa shape index (κ1) is 10.1. The van der Waals surface area contributed by atoms with Gasteiger partial charge in [-0.2, -0.15) is 0 Å². The highest BCUT2D eigenvalue weighted by Gasteiger charge is 2.36. The molecule has 2 heterocycles. The van der Waals surface area contributed by atoms with Crippen molar-refractivity contribution in [2.75, 3.05) is 19.8 Å². The average molecular weight is 213 g/mol. The molecule has 1 aliphatic heterocycles. The van der Waals surface area contributed by atoms with E-state index in [4.69, 9.17) is 15.2 Å². The van der Waals surface area contributed by atoms with Crippen LogP contribution < -0.4 is 5.73 Å². The molecule has 1 fully saturated rings. The average Bonchev–Trinajstić information content (AvgIpc) is 2.73. The second kappa shape index (κ2) is 4.40. The van der Waals surface area contributed by atoms with Gasteiger partial charge in [0.15, 0.2) is 0 Å². The fraction of sp³-hybridized carbons (Fsp3) is 0.600. The van der Waals surface area contributed by atoms with Crippen LogP contribution in [0.25, 0.3) is 0 Å². The minimum absolute atomic E-state index is 0.554. The molecule has 14 heavy (non-hydrogen) atoms. The van der Waals surface area contributed by atoms with Gasteiger partial charge in [0.25, 0.3) is 0 Å². The number of ether oxygens (including phenoxy) is 2. The van der Waals surface area contributed by atoms with Crippen LogP contribution in [0.1, 0.15) is 17.7 Å². The molecular weight excluding hydrogens is 198 g/mol. The van der Waals surface area contributed by atoms with Gasteiger partial charge in [-0.1, -0.05) is 6.07 Å². The molecule has 0 radical (unpaired) electrons. The molecule has 1 aromatic rings. The van der Waals surface area contributed by atoms with Gasteiger partial charge < -0.3 is 15.2 Å². The van der Waals surface area contributed by atoms with E-state index in [9.17, 15) is 0 Å². The topological polar surface area (TPSA) is 44.5 Å². The monoisotopic (exact) mass is 213 g/mol. The summed E-state index contributed by atoms with van der Waals surface area (Å²) in [5, 5.41) is 2.04. The van der Waals surface area contributed by atoms with Crippen molar-refractivity contribution in [2.45, 2.75) is 18.6 Å². The summed E-state index contributed by atoms with van der Waals surface area (Å²) in [5.74, 6) is -0.554. The van der Waals surface area contributed by atoms with E-state index < -0.39 is 5.79 Å². The molecule has 0 atom stereocenters. The maximum Gasteiger partial charge on any atom is 0.205 e. The first-order chi connectivity index (χ1) is 6.87. The smallest absolute Gasteiger partial charge is 0.205 e. The second-order valence-electron chi connectivity index (χ2n) is 3.32. The van der Waals surface area contributed by atoms with E-state index in [1.165, 1.54) is 0 Å². The van der Waals surface area contributed by atoms with Gasteiger partial charge in [0.2, 0.25) is 5.79 Å². The fourth-order valence-corrected chi connectivity index (χ4v) is 2.53. The Labute approximate surface area is 87.8 Å². The van der Waals surface area contributed by atoms with Gasteiger partial charge >= 0.3 is 0 Å². The first-order valence-electron chi connectivity index (χ1n) is 4.89. The van der Waals surface area contributed by atoms with E-state index in [-0.39, 0.29) is 0 Å². The molecule has 4 heteroatoms. The van der Waals surface area contributed by atoms with Crippen molar-refractivity contribution in [3.8, 4) is 0 Å². The van der Waals surface area contributed by atoms with Crippen LogP contribution in [0.2, 0.25) is 0 Å². The summed E-state index contributed by atoms with van der Waals surface area (Å²) in [6.07, 6.45) is 1.70. The van der Waals surface area contributed by atoms with Crippen molar-refractivity contribution in [1.82, 2.24) is 0 Å². The lowest BCUT2D eigenvalue weighted by Crippen LogP contribution is -2.39. The molecule has 3 nitrogen and oxygen atoms in total. The maximum absolute atomic E-state index is 5.76. The van der Waals surface area contributed by atoms with Crippen LogP contribution in [0.15, 0.2) is 17.5 Å². The molecule has 0 unspecified atom stereocenters. The highest BCUT2D eigenvalue weighted by molar-refractivity contribution is 7.10. The van der Waals surface area contributed by atoms with E-state index in [0.717, 1.165) is 30.9 Å². The maximum atomic E-state index is 5.76. The largest absolute Gasteiger partial charge is 0.345 e. The Morgan fingerprint density at radius 1 is 1.43 bits per heavy atom. The summed E-state index contributed by atoms with van der Waals surface area (Å²) in [4.78, 5) is 1.13. The van der Waals surface area contributed by atoms with Crippen LogP contribution in [0.4, 0.5) is 0 Å². The standard InChI is InChI=1S/C10H15NO2S/c11-5-4-10(9-3-1-8-14-9)12-6-2-7-13-10/h1,3,8H,2,4-7,11H2. The summed E-state index contributed by atoms with van der Waals surface area (Å²) < 4.78 is 11.5. The van der Waals surface area contributed by atoms with E-state index in [0.29, 0.717) is 6.54 Å². The van der Waals surface area contributed by atoms with Crippen LogP contribution in [-0.2, 0) is 15.3 Å². The van der Waals surface area contributed by atoms with Gasteiger partial charge in [-0.25, -0.2) is 0 Å². The summed E-state index contributed by atoms with van der Waals surface area (Å²) in [6.45, 7) is 2.10. The van der Waals surface area contributed by atoms with Crippen LogP contribution in [0.5, 0.6) is 0 Å². The molecular formula is C10H15NO2S. The van der Waals surface area contributed by atoms with Crippen LogP contribution in [-0.4, -0.2) is 19.8 Å². The third-order valence-electron chi connectivity index (χ3n) is 2.33. The zero-order valence-corrected chi connectivity index (χ0v) is 8.89. The predicted octanol–water partition coefficient (Wildman–Crippen LogP) is 1.69. The van der Waals surface area contributed by atoms with Gasteiger partial charge in [0.1, 0.15) is 0 Å². The molecule has 0 amide bonds. The van der Waals surface area contributed by atoms with Crippen LogP contribution >= 0.6 is 11.3 Å². The second-order valence-corrected chi connectivity index (χ2v) is 4.27. The molecule has 78 valence electrons. The Balaban J connectivity index is 2.20. The minimum atomic E-state index is -0.554. The SMILES string of the molecule is NCCC1(c2cccs2)OCCCO1. The number of rotatable bonds is 3. The highest BCUT2D eigenvalue weighted by atomic mass is 32.1. The molecule has 1 aromatic heterocycles. The normalized spacial score (nSPS) is 20.9. The summed E-state index contributed by atoms with van der Waals surface area (Å²) >= 11 is 1.66. The lowest BCUT2D eigenvalue weighted by Gasteiger charge is -2.36. The zero-order chi connectivity index (χ0) is 9.86. The molecule has 0 saturated carbocycles. The Morgan fingerprint density at radius 3 is 2.79 bits per heavy atom. The highest BCUT2D eigenvalue weighted by Crippen LogP contribution is 2.36. The van der Waals surface area contributed by atoms with Crippen LogP contribution in [0.3, 0.4) is 0 Å². The van der Waals surface area contributed by atoms with Gasteiger partial charge in [-0.05, 0) is 24.4 Å². The molecule has 0 aliphatic carbocycles. The predicted molar refractivity (Wildman–Crippen MR) is 56.2 cm³/mol. The first-order valence-corrected chi connectivity index (χ1v) is 5.77. The molecule has 0 spiro atoms. The number of hydrogen-bond acceptors (Lipinski definition) is 4. The van der Waals surface area contributed by atoms with Crippen molar-refractivity contribution in [2.24, 2.45) is 5.73 Å². The Morgan fingerprint density at radius 2 is 2.21 bits per heavy atom. The van der Waals surface area contributed by atoms with Crippen molar-refractivity contribution in [1.29, 1.82) is 0 Å². The molecule has 2 rings (SSSR count). The number of thiophene rings is 1. The third kappa shape index (κ3) is 1.83. The summed E-state index contributed by atoms with van der Waals surface area (Å²) in [5.41, 5.74) is 5.60. The van der Waals surface area contributed by atoms with Crippen molar-refractivity contribution in [3.63, 3.8) is 0 Å². The van der Waals surface area contributed by atoms with Gasteiger partial charge in [-0.3, -0.25) is 0 Å². The van der Waals surface area contributed by atoms with Crippen molar-refractivity contribution >= 4 is 11.3 Å². The molecule has 0 aromatic carbocycles. The minimum Gasteiger partial charge on any atom is -0.345 e. The van der Waals surface area contributed by atoms with E-state index in [1.807, 2.05) is 17.5 Å². The summed E-state index contributed by atoms with van der Waals surface area (Å²) in [6, 6.07) is 4.06. The molecule has 1 saturated heterocycles. The molecule has 2 N–H and O–H groups in total. The number of nitrogens with two attached hydrogens (primary N) is 1. The van der Waals surface area contributed by atoms with E-state index in [2.05, 4.69) is 0 Å². The zero-order valence-electron chi connectivity index (χ0n) is 8.07. The fourth-order valence-electron chi connectivity index (χ4n) is 1.67. The summed E-state index contributed by atoms with van der Waals surface area (Å²) in [7, 11) is 0. The van der Waals surface area contributed by atoms with Crippen molar-refractivity contribution in [3.05, 3.63) is 22.4 Å². The Bertz CT molecular complexity index is 262. The lowest BCUT2D eigenvalue weighted by molar-refractivity contribution is -0.276. The third-order valence-corrected chi connectivity index (χ3v) is 3.32. The van der Waals surface area contributed by atoms with Crippen LogP contribution in [0, 0.1) is 0 Å². The molecule has 0 bridgehead atoms. The van der Waals surface area contributed by atoms with Gasteiger partial charge in [0.05, 0.1) is 18.1 Å². The van der Waals surface area contributed by atoms with E-state index >= 15 is 0 Å².